The van der Waals surface area contributed by atoms with E-state index in [2.05, 4.69) is 78.1 Å². The molecular weight excluding hydrogens is 434 g/mol. The molecule has 6 heteroatoms. The van der Waals surface area contributed by atoms with Crippen molar-refractivity contribution in [1.82, 2.24) is 10.6 Å². The van der Waals surface area contributed by atoms with Gasteiger partial charge in [0, 0.05) is 29.0 Å². The number of amides is 1. The fourth-order valence-electron chi connectivity index (χ4n) is 2.56. The Hall–Kier alpha value is -3.66. The van der Waals surface area contributed by atoms with Crippen molar-refractivity contribution in [2.24, 2.45) is 4.99 Å². The minimum Gasteiger partial charge on any atom is -0.363 e. The van der Waals surface area contributed by atoms with Gasteiger partial charge < -0.3 is 21.3 Å². The Balaban J connectivity index is 0. The van der Waals surface area contributed by atoms with Gasteiger partial charge in [0.25, 0.3) is 0 Å². The van der Waals surface area contributed by atoms with Crippen molar-refractivity contribution < 1.29 is 4.79 Å². The van der Waals surface area contributed by atoms with Gasteiger partial charge in [-0.05, 0) is 75.3 Å². The molecule has 35 heavy (non-hydrogen) atoms. The summed E-state index contributed by atoms with van der Waals surface area (Å²) in [4.78, 5) is 15.8. The monoisotopic (exact) mass is 477 g/mol. The standard InChI is InChI=1S/C23H29N5O.C2H6.2C2H4/c1-4-15-26-17-23(29)28-21-13-9-19(10-14-21)6-5-18-7-11-20(12-8-18)27-22(25-3)16-24-2;3*1-2/h7-14,22,24,26-27H,3-4,15-17H2,1-2H3,(H,28,29);1-2H3;2*1-2H2. The minimum absolute atomic E-state index is 0.0467. The van der Waals surface area contributed by atoms with Gasteiger partial charge in [0.2, 0.25) is 5.91 Å². The SMILES string of the molecule is C=C.C=C.C=NC(CNC)Nc1ccc(C#Cc2ccc(NC(=O)CNCCC)cc2)cc1.CC. The summed E-state index contributed by atoms with van der Waals surface area (Å²) in [6.45, 7) is 23.5. The molecule has 0 radical (unpaired) electrons. The summed E-state index contributed by atoms with van der Waals surface area (Å²) >= 11 is 0. The van der Waals surface area contributed by atoms with E-state index in [1.165, 1.54) is 0 Å². The lowest BCUT2D eigenvalue weighted by atomic mass is 10.1. The second-order valence-corrected chi connectivity index (χ2v) is 6.53. The zero-order valence-corrected chi connectivity index (χ0v) is 21.9. The van der Waals surface area contributed by atoms with Crippen LogP contribution in [0.1, 0.15) is 38.3 Å². The van der Waals surface area contributed by atoms with Crippen molar-refractivity contribution in [3.8, 4) is 11.8 Å². The predicted molar refractivity (Wildman–Crippen MR) is 155 cm³/mol. The zero-order valence-electron chi connectivity index (χ0n) is 21.9. The van der Waals surface area contributed by atoms with E-state index in [1.54, 1.807) is 0 Å². The number of nitrogens with zero attached hydrogens (tertiary/aromatic N) is 1. The first kappa shape index (κ1) is 33.5. The van der Waals surface area contributed by atoms with Gasteiger partial charge in [-0.15, -0.1) is 26.3 Å². The van der Waals surface area contributed by atoms with E-state index >= 15 is 0 Å². The van der Waals surface area contributed by atoms with Crippen LogP contribution in [0.4, 0.5) is 11.4 Å². The molecule has 1 amide bonds. The van der Waals surface area contributed by atoms with Gasteiger partial charge >= 0.3 is 0 Å². The van der Waals surface area contributed by atoms with Gasteiger partial charge in [-0.3, -0.25) is 9.79 Å². The van der Waals surface area contributed by atoms with Crippen molar-refractivity contribution in [2.45, 2.75) is 33.4 Å². The summed E-state index contributed by atoms with van der Waals surface area (Å²) in [5, 5.41) is 12.3. The second kappa shape index (κ2) is 23.5. The second-order valence-electron chi connectivity index (χ2n) is 6.53. The summed E-state index contributed by atoms with van der Waals surface area (Å²) in [6.07, 6.45) is 0.932. The van der Waals surface area contributed by atoms with Crippen LogP contribution in [0.2, 0.25) is 0 Å². The lowest BCUT2D eigenvalue weighted by Gasteiger charge is -2.14. The Labute approximate surface area is 213 Å². The Morgan fingerprint density at radius 2 is 1.40 bits per heavy atom. The number of benzene rings is 2. The molecule has 2 aromatic rings. The normalized spacial score (nSPS) is 9.60. The van der Waals surface area contributed by atoms with Gasteiger partial charge in [-0.25, -0.2) is 0 Å². The third-order valence-electron chi connectivity index (χ3n) is 4.07. The fraction of sp³-hybridized carbons (Fsp3) is 0.310. The number of anilines is 2. The van der Waals surface area contributed by atoms with Crippen LogP contribution < -0.4 is 21.3 Å². The first-order valence-electron chi connectivity index (χ1n) is 11.7. The fourth-order valence-corrected chi connectivity index (χ4v) is 2.56. The third-order valence-corrected chi connectivity index (χ3v) is 4.07. The molecule has 4 N–H and O–H groups in total. The summed E-state index contributed by atoms with van der Waals surface area (Å²) in [7, 11) is 1.88. The van der Waals surface area contributed by atoms with Crippen LogP contribution >= 0.6 is 0 Å². The first-order valence-corrected chi connectivity index (χ1v) is 11.7. The molecule has 0 saturated heterocycles. The van der Waals surface area contributed by atoms with Crippen LogP contribution in [0.25, 0.3) is 0 Å². The van der Waals surface area contributed by atoms with Gasteiger partial charge in [0.05, 0.1) is 6.54 Å². The molecule has 2 aromatic carbocycles. The van der Waals surface area contributed by atoms with Crippen LogP contribution in [0.3, 0.4) is 0 Å². The van der Waals surface area contributed by atoms with E-state index in [4.69, 9.17) is 0 Å². The topological polar surface area (TPSA) is 77.6 Å². The molecule has 6 nitrogen and oxygen atoms in total. The van der Waals surface area contributed by atoms with E-state index in [9.17, 15) is 4.79 Å². The van der Waals surface area contributed by atoms with Crippen LogP contribution in [0, 0.1) is 11.8 Å². The maximum Gasteiger partial charge on any atom is 0.238 e. The van der Waals surface area contributed by atoms with Crippen molar-refractivity contribution >= 4 is 24.0 Å². The van der Waals surface area contributed by atoms with Crippen molar-refractivity contribution in [3.63, 3.8) is 0 Å². The quantitative estimate of drug-likeness (QED) is 0.162. The third kappa shape index (κ3) is 15.7. The number of likely N-dealkylation sites (N-methyl/N-ethyl adjacent to an activating group) is 1. The lowest BCUT2D eigenvalue weighted by molar-refractivity contribution is -0.115. The number of carbonyl (C=O) groups is 1. The molecule has 0 bridgehead atoms. The molecule has 0 aliphatic carbocycles. The molecule has 0 aliphatic rings. The Kier molecular flexibility index (Phi) is 22.5. The van der Waals surface area contributed by atoms with Crippen LogP contribution in [-0.4, -0.2) is 45.5 Å². The number of carbonyl (C=O) groups excluding carboxylic acids is 1. The Morgan fingerprint density at radius 3 is 1.83 bits per heavy atom. The van der Waals surface area contributed by atoms with E-state index in [0.29, 0.717) is 13.1 Å². The molecule has 0 spiro atoms. The number of hydrogen-bond donors (Lipinski definition) is 4. The van der Waals surface area contributed by atoms with Gasteiger partial charge in [0.15, 0.2) is 0 Å². The summed E-state index contributed by atoms with van der Waals surface area (Å²) in [5.41, 5.74) is 3.55. The summed E-state index contributed by atoms with van der Waals surface area (Å²) in [6, 6.07) is 15.4. The molecule has 0 saturated carbocycles. The van der Waals surface area contributed by atoms with E-state index in [0.717, 1.165) is 35.5 Å². The average molecular weight is 478 g/mol. The highest BCUT2D eigenvalue weighted by molar-refractivity contribution is 5.92. The number of nitrogens with one attached hydrogen (secondary N) is 4. The molecule has 2 rings (SSSR count). The molecule has 0 aliphatic heterocycles. The summed E-state index contributed by atoms with van der Waals surface area (Å²) < 4.78 is 0. The highest BCUT2D eigenvalue weighted by atomic mass is 16.1. The number of rotatable bonds is 10. The zero-order chi connectivity index (χ0) is 26.9. The molecule has 1 atom stereocenters. The predicted octanol–water partition coefficient (Wildman–Crippen LogP) is 5.31. The molecule has 0 aromatic heterocycles. The Morgan fingerprint density at radius 1 is 0.914 bits per heavy atom. The van der Waals surface area contributed by atoms with E-state index in [-0.39, 0.29) is 12.1 Å². The highest BCUT2D eigenvalue weighted by Gasteiger charge is 2.03. The number of hydrogen-bond acceptors (Lipinski definition) is 5. The molecule has 0 fully saturated rings. The maximum absolute atomic E-state index is 11.8. The number of aliphatic imine (C=N–C) groups is 1. The first-order chi connectivity index (χ1) is 17.1. The van der Waals surface area contributed by atoms with Gasteiger partial charge in [-0.1, -0.05) is 32.6 Å². The Bertz CT molecular complexity index is 865. The highest BCUT2D eigenvalue weighted by Crippen LogP contribution is 2.12. The van der Waals surface area contributed by atoms with Gasteiger partial charge in [-0.2, -0.15) is 0 Å². The van der Waals surface area contributed by atoms with E-state index in [1.807, 2.05) is 69.4 Å². The maximum atomic E-state index is 11.8. The smallest absolute Gasteiger partial charge is 0.238 e. The van der Waals surface area contributed by atoms with Crippen LogP contribution in [0.15, 0.2) is 79.8 Å². The van der Waals surface area contributed by atoms with Gasteiger partial charge in [0.1, 0.15) is 6.17 Å². The average Bonchev–Trinajstić information content (AvgIpc) is 2.92. The molecular formula is C29H43N5O. The molecule has 190 valence electrons. The van der Waals surface area contributed by atoms with Crippen molar-refractivity contribution in [3.05, 3.63) is 86.0 Å². The lowest BCUT2D eigenvalue weighted by Crippen LogP contribution is -2.28. The van der Waals surface area contributed by atoms with Crippen LogP contribution in [0.5, 0.6) is 0 Å². The largest absolute Gasteiger partial charge is 0.363 e. The minimum atomic E-state index is -0.0710. The summed E-state index contributed by atoms with van der Waals surface area (Å²) in [5.74, 6) is 6.25. The van der Waals surface area contributed by atoms with Crippen LogP contribution in [-0.2, 0) is 4.79 Å². The molecule has 0 heterocycles. The van der Waals surface area contributed by atoms with Crippen molar-refractivity contribution in [2.75, 3.05) is 37.3 Å². The van der Waals surface area contributed by atoms with Crippen molar-refractivity contribution in [1.29, 1.82) is 0 Å². The molecule has 1 unspecified atom stereocenters. The van der Waals surface area contributed by atoms with E-state index < -0.39 is 0 Å².